The molecule has 0 saturated carbocycles. The van der Waals surface area contributed by atoms with Crippen LogP contribution in [0.4, 0.5) is 0 Å². The minimum atomic E-state index is -1.00. The predicted molar refractivity (Wildman–Crippen MR) is 93.4 cm³/mol. The molecule has 1 saturated heterocycles. The van der Waals surface area contributed by atoms with E-state index in [1.165, 1.54) is 13.3 Å². The molecule has 8 nitrogen and oxygen atoms in total. The fourth-order valence-corrected chi connectivity index (χ4v) is 3.18. The second-order valence-corrected chi connectivity index (χ2v) is 6.72. The van der Waals surface area contributed by atoms with Crippen LogP contribution in [0.2, 0.25) is 5.82 Å². The highest BCUT2D eigenvalue weighted by atomic mass is 16.5. The van der Waals surface area contributed by atoms with Gasteiger partial charge < -0.3 is 9.68 Å². The van der Waals surface area contributed by atoms with Gasteiger partial charge in [-0.1, -0.05) is 24.3 Å². The molecule has 1 aliphatic heterocycles. The molecule has 0 unspecified atom stereocenters. The third-order valence-corrected chi connectivity index (χ3v) is 4.57. The Hall–Kier alpha value is -2.39. The monoisotopic (exact) mass is 356 g/mol. The van der Waals surface area contributed by atoms with Gasteiger partial charge in [-0.3, -0.25) is 9.59 Å². The maximum absolute atomic E-state index is 12.5. The van der Waals surface area contributed by atoms with Crippen LogP contribution in [-0.4, -0.2) is 50.0 Å². The number of hydrogen-bond donors (Lipinski definition) is 1. The lowest BCUT2D eigenvalue weighted by atomic mass is 9.64. The number of aromatic nitrogens is 4. The van der Waals surface area contributed by atoms with Crippen molar-refractivity contribution in [2.45, 2.75) is 51.1 Å². The fraction of sp³-hybridized carbons (Fsp3) is 0.471. The van der Waals surface area contributed by atoms with E-state index in [0.717, 1.165) is 5.56 Å². The summed E-state index contributed by atoms with van der Waals surface area (Å²) in [7, 11) is -1.00. The Morgan fingerprint density at radius 1 is 1.27 bits per heavy atom. The summed E-state index contributed by atoms with van der Waals surface area (Å²) in [5, 5.41) is 21.1. The minimum absolute atomic E-state index is 0.0309. The van der Waals surface area contributed by atoms with E-state index in [2.05, 4.69) is 15.5 Å². The van der Waals surface area contributed by atoms with Gasteiger partial charge in [-0.15, -0.1) is 5.10 Å². The van der Waals surface area contributed by atoms with Gasteiger partial charge in [0, 0.05) is 30.3 Å². The summed E-state index contributed by atoms with van der Waals surface area (Å²) >= 11 is 0. The van der Waals surface area contributed by atoms with Gasteiger partial charge in [-0.25, -0.2) is 4.68 Å². The molecule has 1 aromatic heterocycles. The number of nitrogens with zero attached hydrogens (tertiary/aromatic N) is 4. The number of tetrazole rings is 1. The van der Waals surface area contributed by atoms with Crippen LogP contribution in [0.3, 0.4) is 0 Å². The van der Waals surface area contributed by atoms with Gasteiger partial charge in [0.05, 0.1) is 6.54 Å². The first-order chi connectivity index (χ1) is 12.5. The van der Waals surface area contributed by atoms with Gasteiger partial charge in [0.2, 0.25) is 0 Å². The van der Waals surface area contributed by atoms with Crippen LogP contribution in [0.15, 0.2) is 30.6 Å². The number of carbonyl (C=O) groups excluding carboxylic acids is 2. The molecule has 136 valence electrons. The molecule has 1 fully saturated rings. The molecule has 9 heteroatoms. The average Bonchev–Trinajstić information content (AvgIpc) is 3.10. The van der Waals surface area contributed by atoms with E-state index in [-0.39, 0.29) is 29.9 Å². The van der Waals surface area contributed by atoms with Gasteiger partial charge in [0.1, 0.15) is 12.1 Å². The number of hydrogen-bond acceptors (Lipinski definition) is 7. The van der Waals surface area contributed by atoms with E-state index in [4.69, 9.17) is 4.65 Å². The van der Waals surface area contributed by atoms with Crippen LogP contribution in [0.25, 0.3) is 0 Å². The topological polar surface area (TPSA) is 107 Å². The highest BCUT2D eigenvalue weighted by molar-refractivity contribution is 6.45. The smallest absolute Gasteiger partial charge is 0.427 e. The third kappa shape index (κ3) is 4.83. The Bertz CT molecular complexity index is 751. The maximum atomic E-state index is 12.5. The SMILES string of the molecule is CC(=O)C[C@@H]1CC[C@H](CC(=O)c2ccc(Cn3cnnn3)cc2)B(O)O1. The van der Waals surface area contributed by atoms with Crippen molar-refractivity contribution < 1.29 is 19.3 Å². The molecule has 0 bridgehead atoms. The molecule has 26 heavy (non-hydrogen) atoms. The Balaban J connectivity index is 1.54. The van der Waals surface area contributed by atoms with Crippen LogP contribution in [0.5, 0.6) is 0 Å². The van der Waals surface area contributed by atoms with E-state index < -0.39 is 7.12 Å². The van der Waals surface area contributed by atoms with Crippen LogP contribution >= 0.6 is 0 Å². The molecule has 1 aromatic carbocycles. The quantitative estimate of drug-likeness (QED) is 0.589. The first-order valence-electron chi connectivity index (χ1n) is 8.67. The summed E-state index contributed by atoms with van der Waals surface area (Å²) in [5.74, 6) is -0.235. The molecule has 0 radical (unpaired) electrons. The zero-order valence-electron chi connectivity index (χ0n) is 14.6. The van der Waals surface area contributed by atoms with Crippen LogP contribution in [-0.2, 0) is 16.0 Å². The summed E-state index contributed by atoms with van der Waals surface area (Å²) in [6, 6.07) is 7.28. The second kappa shape index (κ2) is 8.33. The Morgan fingerprint density at radius 3 is 2.65 bits per heavy atom. The summed E-state index contributed by atoms with van der Waals surface area (Å²) in [6.07, 6.45) is 3.16. The predicted octanol–water partition coefficient (Wildman–Crippen LogP) is 1.30. The summed E-state index contributed by atoms with van der Waals surface area (Å²) in [6.45, 7) is 2.04. The molecule has 3 rings (SSSR count). The number of ketones is 2. The lowest BCUT2D eigenvalue weighted by Gasteiger charge is -2.30. The third-order valence-electron chi connectivity index (χ3n) is 4.57. The van der Waals surface area contributed by atoms with E-state index in [1.54, 1.807) is 16.8 Å². The van der Waals surface area contributed by atoms with Crippen molar-refractivity contribution in [2.75, 3.05) is 0 Å². The second-order valence-electron chi connectivity index (χ2n) is 6.72. The molecule has 1 N–H and O–H groups in total. The van der Waals surface area contributed by atoms with Gasteiger partial charge in [0.25, 0.3) is 0 Å². The molecular weight excluding hydrogens is 335 g/mol. The Kier molecular flexibility index (Phi) is 5.90. The standard InChI is InChI=1S/C17H21BN4O4/c1-12(23)8-16-7-6-15(18(25)26-16)9-17(24)14-4-2-13(3-5-14)10-22-11-19-20-21-22/h2-5,11,15-16,25H,6-10H2,1H3/t15-,16+/m1/s1. The molecule has 2 heterocycles. The number of Topliss-reactive ketones (excluding diaryl/α,β-unsaturated/α-hetero) is 2. The molecule has 0 amide bonds. The first kappa shape index (κ1) is 18.4. The molecule has 2 atom stereocenters. The van der Waals surface area contributed by atoms with Gasteiger partial charge >= 0.3 is 7.12 Å². The Labute approximate surface area is 151 Å². The van der Waals surface area contributed by atoms with E-state index >= 15 is 0 Å². The molecule has 1 aliphatic rings. The first-order valence-corrected chi connectivity index (χ1v) is 8.67. The Morgan fingerprint density at radius 2 is 2.04 bits per heavy atom. The van der Waals surface area contributed by atoms with Crippen molar-refractivity contribution >= 4 is 18.7 Å². The number of carbonyl (C=O) groups is 2. The minimum Gasteiger partial charge on any atom is -0.427 e. The van der Waals surface area contributed by atoms with E-state index in [9.17, 15) is 14.6 Å². The molecule has 0 spiro atoms. The average molecular weight is 356 g/mol. The van der Waals surface area contributed by atoms with Crippen molar-refractivity contribution in [2.24, 2.45) is 0 Å². The van der Waals surface area contributed by atoms with Crippen molar-refractivity contribution in [1.82, 2.24) is 20.2 Å². The lowest BCUT2D eigenvalue weighted by molar-refractivity contribution is -0.118. The zero-order chi connectivity index (χ0) is 18.5. The summed E-state index contributed by atoms with van der Waals surface area (Å²) < 4.78 is 7.09. The van der Waals surface area contributed by atoms with Crippen LogP contribution in [0.1, 0.15) is 48.5 Å². The van der Waals surface area contributed by atoms with Gasteiger partial charge in [0.15, 0.2) is 5.78 Å². The van der Waals surface area contributed by atoms with Crippen LogP contribution in [0, 0.1) is 0 Å². The van der Waals surface area contributed by atoms with E-state index in [1.807, 2.05) is 12.1 Å². The highest BCUT2D eigenvalue weighted by Crippen LogP contribution is 2.31. The zero-order valence-corrected chi connectivity index (χ0v) is 14.6. The van der Waals surface area contributed by atoms with Crippen molar-refractivity contribution in [1.29, 1.82) is 0 Å². The molecule has 0 aliphatic carbocycles. The largest absolute Gasteiger partial charge is 0.458 e. The van der Waals surface area contributed by atoms with Gasteiger partial charge in [-0.05, 0) is 35.8 Å². The highest BCUT2D eigenvalue weighted by Gasteiger charge is 2.36. The van der Waals surface area contributed by atoms with Gasteiger partial charge in [-0.2, -0.15) is 0 Å². The fourth-order valence-electron chi connectivity index (χ4n) is 3.18. The van der Waals surface area contributed by atoms with Crippen molar-refractivity contribution in [3.8, 4) is 0 Å². The van der Waals surface area contributed by atoms with Crippen molar-refractivity contribution in [3.63, 3.8) is 0 Å². The summed E-state index contributed by atoms with van der Waals surface area (Å²) in [4.78, 5) is 23.6. The number of rotatable bonds is 7. The van der Waals surface area contributed by atoms with Crippen LogP contribution < -0.4 is 0 Å². The molecular formula is C17H21BN4O4. The maximum Gasteiger partial charge on any atom is 0.458 e. The normalized spacial score (nSPS) is 20.2. The van der Waals surface area contributed by atoms with E-state index in [0.29, 0.717) is 31.4 Å². The lowest BCUT2D eigenvalue weighted by Crippen LogP contribution is -2.37. The van der Waals surface area contributed by atoms with Crippen molar-refractivity contribution in [3.05, 3.63) is 41.7 Å². The molecule has 2 aromatic rings. The number of benzene rings is 1. The summed E-state index contributed by atoms with van der Waals surface area (Å²) in [5.41, 5.74) is 1.59.